The van der Waals surface area contributed by atoms with Crippen LogP contribution in [0.4, 0.5) is 0 Å². The van der Waals surface area contributed by atoms with Crippen LogP contribution in [-0.2, 0) is 5.41 Å². The summed E-state index contributed by atoms with van der Waals surface area (Å²) in [5, 5.41) is 14.2. The molecule has 12 rings (SSSR count). The Hall–Kier alpha value is -8.92. The summed E-state index contributed by atoms with van der Waals surface area (Å²) in [5.41, 5.74) is 10.9. The Balaban J connectivity index is 1.19. The molecule has 3 heterocycles. The van der Waals surface area contributed by atoms with Crippen molar-refractivity contribution in [2.45, 2.75) is 5.41 Å². The number of para-hydroxylation sites is 4. The third-order valence-corrected chi connectivity index (χ3v) is 12.8. The summed E-state index contributed by atoms with van der Waals surface area (Å²) in [4.78, 5) is 16.6. The van der Waals surface area contributed by atoms with Gasteiger partial charge in [0.25, 0.3) is 0 Å². The van der Waals surface area contributed by atoms with E-state index >= 15 is 0 Å². The maximum absolute atomic E-state index is 9.92. The molecular formula is C59H38N6. The van der Waals surface area contributed by atoms with Crippen LogP contribution in [0.5, 0.6) is 0 Å². The van der Waals surface area contributed by atoms with Crippen molar-refractivity contribution in [3.63, 3.8) is 0 Å². The monoisotopic (exact) mass is 830 g/mol. The highest BCUT2D eigenvalue weighted by Crippen LogP contribution is 2.48. The lowest BCUT2D eigenvalue weighted by molar-refractivity contribution is 0.745. The van der Waals surface area contributed by atoms with Gasteiger partial charge in [0.2, 0.25) is 5.95 Å². The Morgan fingerprint density at radius 3 is 1.37 bits per heavy atom. The fourth-order valence-electron chi connectivity index (χ4n) is 10.0. The molecule has 0 unspecified atom stereocenters. The molecule has 0 atom stereocenters. The molecule has 3 aromatic heterocycles. The van der Waals surface area contributed by atoms with Crippen LogP contribution in [0.1, 0.15) is 27.8 Å². The van der Waals surface area contributed by atoms with Gasteiger partial charge in [-0.15, -0.1) is 0 Å². The summed E-state index contributed by atoms with van der Waals surface area (Å²) in [7, 11) is 0. The predicted octanol–water partition coefficient (Wildman–Crippen LogP) is 13.7. The minimum atomic E-state index is -0.761. The largest absolute Gasteiger partial charge is 0.309 e. The van der Waals surface area contributed by atoms with E-state index in [1.165, 1.54) is 0 Å². The maximum atomic E-state index is 9.92. The van der Waals surface area contributed by atoms with E-state index in [2.05, 4.69) is 215 Å². The van der Waals surface area contributed by atoms with Gasteiger partial charge in [0, 0.05) is 32.7 Å². The van der Waals surface area contributed by atoms with Crippen LogP contribution in [-0.4, -0.2) is 24.1 Å². The first-order chi connectivity index (χ1) is 32.2. The summed E-state index contributed by atoms with van der Waals surface area (Å²) in [6.45, 7) is 0. The SMILES string of the molecule is N#Cc1ccc2c(c1)c1ccccc1n2-c1ccccc1-c1nc(-c2ccccc2C(c2ccccc2)(c2ccccc2)c2ccccc2)nc(-n2c3ccccc3c3ccccc32)n1. The number of nitriles is 1. The molecule has 65 heavy (non-hydrogen) atoms. The normalized spacial score (nSPS) is 11.7. The zero-order chi connectivity index (χ0) is 43.3. The fourth-order valence-corrected chi connectivity index (χ4v) is 10.0. The summed E-state index contributed by atoms with van der Waals surface area (Å²) in [6.07, 6.45) is 0. The molecule has 304 valence electrons. The quantitative estimate of drug-likeness (QED) is 0.143. The van der Waals surface area contributed by atoms with Crippen LogP contribution in [0.15, 0.2) is 231 Å². The molecular weight excluding hydrogens is 793 g/mol. The first kappa shape index (κ1) is 37.8. The molecule has 0 saturated heterocycles. The van der Waals surface area contributed by atoms with Crippen molar-refractivity contribution >= 4 is 43.6 Å². The molecule has 0 aliphatic heterocycles. The van der Waals surface area contributed by atoms with Gasteiger partial charge in [0.1, 0.15) is 0 Å². The number of fused-ring (bicyclic) bond motifs is 6. The van der Waals surface area contributed by atoms with Crippen LogP contribution in [0.3, 0.4) is 0 Å². The third-order valence-electron chi connectivity index (χ3n) is 12.8. The van der Waals surface area contributed by atoms with Crippen LogP contribution in [0.25, 0.3) is 78.0 Å². The van der Waals surface area contributed by atoms with E-state index in [0.717, 1.165) is 82.7 Å². The third kappa shape index (κ3) is 5.98. The van der Waals surface area contributed by atoms with Gasteiger partial charge in [-0.3, -0.25) is 4.57 Å². The molecule has 0 spiro atoms. The highest BCUT2D eigenvalue weighted by molar-refractivity contribution is 6.10. The fraction of sp³-hybridized carbons (Fsp3) is 0.0169. The number of hydrogen-bond donors (Lipinski definition) is 0. The highest BCUT2D eigenvalue weighted by atomic mass is 15.2. The van der Waals surface area contributed by atoms with Gasteiger partial charge >= 0.3 is 0 Å². The average molecular weight is 831 g/mol. The molecule has 0 aliphatic rings. The van der Waals surface area contributed by atoms with E-state index in [4.69, 9.17) is 15.0 Å². The Labute approximate surface area is 375 Å². The Morgan fingerprint density at radius 2 is 0.800 bits per heavy atom. The molecule has 9 aromatic carbocycles. The predicted molar refractivity (Wildman–Crippen MR) is 262 cm³/mol. The van der Waals surface area contributed by atoms with Gasteiger partial charge in [-0.05, 0) is 70.8 Å². The summed E-state index contributed by atoms with van der Waals surface area (Å²) >= 11 is 0. The van der Waals surface area contributed by atoms with Crippen LogP contribution in [0.2, 0.25) is 0 Å². The second kappa shape index (κ2) is 15.5. The van der Waals surface area contributed by atoms with Gasteiger partial charge in [-0.25, -0.2) is 4.98 Å². The molecule has 0 bridgehead atoms. The zero-order valence-corrected chi connectivity index (χ0v) is 35.1. The Bertz CT molecular complexity index is 3640. The number of aromatic nitrogens is 5. The Kier molecular flexibility index (Phi) is 8.99. The van der Waals surface area contributed by atoms with Crippen molar-refractivity contribution in [1.82, 2.24) is 24.1 Å². The van der Waals surface area contributed by atoms with Crippen LogP contribution < -0.4 is 0 Å². The van der Waals surface area contributed by atoms with Crippen molar-refractivity contribution in [1.29, 1.82) is 5.26 Å². The van der Waals surface area contributed by atoms with E-state index in [-0.39, 0.29) is 0 Å². The van der Waals surface area contributed by atoms with Crippen molar-refractivity contribution in [2.24, 2.45) is 0 Å². The Morgan fingerprint density at radius 1 is 0.369 bits per heavy atom. The van der Waals surface area contributed by atoms with Gasteiger partial charge in [-0.2, -0.15) is 15.2 Å². The van der Waals surface area contributed by atoms with Crippen molar-refractivity contribution in [3.8, 4) is 40.5 Å². The summed E-state index contributed by atoms with van der Waals surface area (Å²) in [5.74, 6) is 1.59. The lowest BCUT2D eigenvalue weighted by Gasteiger charge is -2.38. The molecule has 6 nitrogen and oxygen atoms in total. The molecule has 6 heteroatoms. The van der Waals surface area contributed by atoms with Gasteiger partial charge in [0.15, 0.2) is 11.6 Å². The lowest BCUT2D eigenvalue weighted by atomic mass is 9.64. The molecule has 0 amide bonds. The van der Waals surface area contributed by atoms with Gasteiger partial charge in [-0.1, -0.05) is 182 Å². The van der Waals surface area contributed by atoms with Crippen molar-refractivity contribution < 1.29 is 0 Å². The number of hydrogen-bond acceptors (Lipinski definition) is 4. The molecule has 0 fully saturated rings. The van der Waals surface area contributed by atoms with E-state index in [1.54, 1.807) is 0 Å². The van der Waals surface area contributed by atoms with E-state index in [1.807, 2.05) is 30.3 Å². The molecule has 0 saturated carbocycles. The van der Waals surface area contributed by atoms with Gasteiger partial charge in [0.05, 0.1) is 44.8 Å². The first-order valence-corrected chi connectivity index (χ1v) is 21.8. The van der Waals surface area contributed by atoms with Crippen LogP contribution >= 0.6 is 0 Å². The average Bonchev–Trinajstić information content (AvgIpc) is 3.90. The van der Waals surface area contributed by atoms with E-state index in [0.29, 0.717) is 23.2 Å². The first-order valence-electron chi connectivity index (χ1n) is 21.8. The van der Waals surface area contributed by atoms with Gasteiger partial charge < -0.3 is 4.57 Å². The second-order valence-corrected chi connectivity index (χ2v) is 16.3. The van der Waals surface area contributed by atoms with Crippen molar-refractivity contribution in [2.75, 3.05) is 0 Å². The molecule has 0 aliphatic carbocycles. The summed E-state index contributed by atoms with van der Waals surface area (Å²) < 4.78 is 4.44. The standard InChI is InChI=1S/C59H38N6/c60-39-40-36-37-55-49(38-40)46-28-13-16-32-51(46)64(55)54-35-19-14-30-48(54)57-61-56(62-58(63-57)65-52-33-17-11-26-44(52)45-27-12-18-34-53(45)65)47-29-10-15-31-50(47)59(41-20-4-1-5-21-41,42-22-6-2-7-23-42)43-24-8-3-9-25-43/h1-38H. The minimum absolute atomic E-state index is 0.512. The van der Waals surface area contributed by atoms with E-state index in [9.17, 15) is 5.26 Å². The number of benzene rings is 9. The van der Waals surface area contributed by atoms with Crippen LogP contribution in [0, 0.1) is 11.3 Å². The van der Waals surface area contributed by atoms with E-state index < -0.39 is 5.41 Å². The maximum Gasteiger partial charge on any atom is 0.238 e. The topological polar surface area (TPSA) is 72.3 Å². The highest BCUT2D eigenvalue weighted by Gasteiger charge is 2.40. The second-order valence-electron chi connectivity index (χ2n) is 16.3. The lowest BCUT2D eigenvalue weighted by Crippen LogP contribution is -2.31. The minimum Gasteiger partial charge on any atom is -0.309 e. The molecule has 0 radical (unpaired) electrons. The number of rotatable bonds is 8. The summed E-state index contributed by atoms with van der Waals surface area (Å²) in [6, 6.07) is 82.7. The number of nitrogens with zero attached hydrogens (tertiary/aromatic N) is 6. The smallest absolute Gasteiger partial charge is 0.238 e. The zero-order valence-electron chi connectivity index (χ0n) is 35.1. The molecule has 12 aromatic rings. The van der Waals surface area contributed by atoms with Crippen molar-refractivity contribution in [3.05, 3.63) is 258 Å². The molecule has 0 N–H and O–H groups in total.